The molecule has 0 N–H and O–H groups in total. The molecule has 0 saturated heterocycles. The van der Waals surface area contributed by atoms with Gasteiger partial charge in [-0.2, -0.15) is 0 Å². The van der Waals surface area contributed by atoms with E-state index in [-0.39, 0.29) is 64.8 Å². The molecule has 0 saturated carbocycles. The number of pyridine rings is 2. The van der Waals surface area contributed by atoms with E-state index in [0.717, 1.165) is 11.8 Å². The Morgan fingerprint density at radius 1 is 0.788 bits per heavy atom. The summed E-state index contributed by atoms with van der Waals surface area (Å²) < 4.78 is 135. The molecule has 3 aromatic heterocycles. The van der Waals surface area contributed by atoms with E-state index in [2.05, 4.69) is 22.1 Å². The second kappa shape index (κ2) is 16.1. The zero-order valence-corrected chi connectivity index (χ0v) is 32.3. The average Bonchev–Trinajstić information content (AvgIpc) is 3.60. The van der Waals surface area contributed by atoms with Crippen LogP contribution in [-0.4, -0.2) is 9.97 Å². The van der Waals surface area contributed by atoms with Crippen molar-refractivity contribution >= 4 is 21.9 Å². The van der Waals surface area contributed by atoms with Crippen LogP contribution in [0.3, 0.4) is 0 Å². The largest absolute Gasteiger partial charge is 0.501 e. The first-order valence-electron chi connectivity index (χ1n) is 24.6. The first-order chi connectivity index (χ1) is 30.5. The van der Waals surface area contributed by atoms with Gasteiger partial charge in [-0.15, -0.1) is 53.1 Å². The van der Waals surface area contributed by atoms with E-state index >= 15 is 0 Å². The monoisotopic (exact) mass is 879 g/mol. The van der Waals surface area contributed by atoms with Crippen LogP contribution in [-0.2, 0) is 26.5 Å². The molecular formula is C48H50IrN2O-2. The van der Waals surface area contributed by atoms with Crippen LogP contribution < -0.4 is 0 Å². The quantitative estimate of drug-likeness (QED) is 0.156. The summed E-state index contributed by atoms with van der Waals surface area (Å²) in [6.07, 6.45) is 0.370. The third-order valence-electron chi connectivity index (χ3n) is 8.39. The number of benzene rings is 4. The Bertz CT molecular complexity index is 2920. The fourth-order valence-electron chi connectivity index (χ4n) is 5.80. The van der Waals surface area contributed by atoms with Crippen LogP contribution in [0.25, 0.3) is 44.5 Å². The number of nitrogens with zero attached hydrogens (tertiary/aromatic N) is 2. The molecule has 0 spiro atoms. The fraction of sp³-hybridized carbons (Fsp3) is 0.292. The molecule has 0 aliphatic carbocycles. The van der Waals surface area contributed by atoms with E-state index in [4.69, 9.17) is 26.3 Å². The fourth-order valence-corrected chi connectivity index (χ4v) is 5.80. The summed E-state index contributed by atoms with van der Waals surface area (Å²) in [6.45, 7) is 0.418. The van der Waals surface area contributed by atoms with Crippen molar-refractivity contribution < 1.29 is 46.5 Å². The molecule has 1 unspecified atom stereocenters. The molecule has 0 aliphatic rings. The van der Waals surface area contributed by atoms with Crippen LogP contribution in [0.5, 0.6) is 0 Å². The zero-order valence-electron chi connectivity index (χ0n) is 45.9. The van der Waals surface area contributed by atoms with Gasteiger partial charge >= 0.3 is 0 Å². The van der Waals surface area contributed by atoms with Crippen LogP contribution >= 0.6 is 0 Å². The van der Waals surface area contributed by atoms with Crippen LogP contribution in [0.4, 0.5) is 0 Å². The first kappa shape index (κ1) is 22.6. The second-order valence-electron chi connectivity index (χ2n) is 13.7. The molecular weight excluding hydrogens is 813 g/mol. The molecule has 269 valence electrons. The Labute approximate surface area is 346 Å². The van der Waals surface area contributed by atoms with Gasteiger partial charge in [0.25, 0.3) is 0 Å². The van der Waals surface area contributed by atoms with Gasteiger partial charge in [0, 0.05) is 65.7 Å². The van der Waals surface area contributed by atoms with Gasteiger partial charge in [-0.25, -0.2) is 0 Å². The van der Waals surface area contributed by atoms with Crippen molar-refractivity contribution in [1.82, 2.24) is 9.97 Å². The Morgan fingerprint density at radius 3 is 2.21 bits per heavy atom. The predicted octanol–water partition coefficient (Wildman–Crippen LogP) is 13.1. The summed E-state index contributed by atoms with van der Waals surface area (Å²) in [5.41, 5.74) is 2.89. The van der Waals surface area contributed by atoms with Crippen molar-refractivity contribution in [3.63, 3.8) is 0 Å². The summed E-state index contributed by atoms with van der Waals surface area (Å²) >= 11 is 0. The number of hydrogen-bond acceptors (Lipinski definition) is 3. The summed E-state index contributed by atoms with van der Waals surface area (Å²) in [5.74, 6) is -2.23. The Balaban J connectivity index is 0.000000294. The van der Waals surface area contributed by atoms with Crippen molar-refractivity contribution in [2.45, 2.75) is 87.1 Å². The predicted molar refractivity (Wildman–Crippen MR) is 214 cm³/mol. The minimum Gasteiger partial charge on any atom is -0.501 e. The number of rotatable bonds is 6. The molecule has 1 atom stereocenters. The van der Waals surface area contributed by atoms with Gasteiger partial charge in [0.05, 0.1) is 5.58 Å². The van der Waals surface area contributed by atoms with Gasteiger partial charge in [-0.05, 0) is 76.7 Å². The zero-order chi connectivity index (χ0) is 50.1. The maximum absolute atomic E-state index is 9.11. The van der Waals surface area contributed by atoms with Gasteiger partial charge in [-0.1, -0.05) is 126 Å². The van der Waals surface area contributed by atoms with Gasteiger partial charge in [0.1, 0.15) is 5.58 Å². The van der Waals surface area contributed by atoms with E-state index in [1.807, 2.05) is 30.3 Å². The molecule has 7 aromatic rings. The van der Waals surface area contributed by atoms with Crippen molar-refractivity contribution in [1.29, 1.82) is 0 Å². The molecule has 0 fully saturated rings. The van der Waals surface area contributed by atoms with Crippen molar-refractivity contribution in [3.05, 3.63) is 154 Å². The van der Waals surface area contributed by atoms with E-state index in [1.54, 1.807) is 71.9 Å². The smallest absolute Gasteiger partial charge is 0.121 e. The minimum absolute atomic E-state index is 0. The van der Waals surface area contributed by atoms with Crippen molar-refractivity contribution in [3.8, 4) is 22.5 Å². The molecule has 0 aliphatic heterocycles. The summed E-state index contributed by atoms with van der Waals surface area (Å²) in [5, 5.41) is 0.872. The van der Waals surface area contributed by atoms with Gasteiger partial charge < -0.3 is 14.4 Å². The Morgan fingerprint density at radius 2 is 1.54 bits per heavy atom. The van der Waals surface area contributed by atoms with Crippen LogP contribution in [0.2, 0.25) is 0 Å². The Kier molecular flexibility index (Phi) is 7.01. The second-order valence-corrected chi connectivity index (χ2v) is 13.7. The van der Waals surface area contributed by atoms with Crippen molar-refractivity contribution in [2.24, 2.45) is 5.41 Å². The molecule has 4 aromatic carbocycles. The summed E-state index contributed by atoms with van der Waals surface area (Å²) in [6, 6.07) is 29.3. The van der Waals surface area contributed by atoms with Gasteiger partial charge in [0.15, 0.2) is 0 Å². The van der Waals surface area contributed by atoms with Gasteiger partial charge in [0.2, 0.25) is 0 Å². The molecule has 7 rings (SSSR count). The van der Waals surface area contributed by atoms with Crippen LogP contribution in [0.1, 0.15) is 120 Å². The average molecular weight is 879 g/mol. The topological polar surface area (TPSA) is 38.9 Å². The van der Waals surface area contributed by atoms with E-state index in [9.17, 15) is 0 Å². The van der Waals surface area contributed by atoms with E-state index in [1.165, 1.54) is 30.5 Å². The molecule has 0 amide bonds. The van der Waals surface area contributed by atoms with Crippen molar-refractivity contribution in [2.75, 3.05) is 0 Å². The number of fused-ring (bicyclic) bond motifs is 3. The number of hydrogen-bond donors (Lipinski definition) is 0. The molecule has 4 heteroatoms. The Hall–Kier alpha value is -4.37. The SMILES string of the molecule is [2H]C([2H])([2H])c1c[c-]c(-c2cc(C([2H])(C)C)c(C([2H])([2H])[2H])cn2)cc1.[2H]C([2H])([2H])c1cnc(-c2[c-]cc(C([2H])([2H])[2H])c3c2oc2cc(C([2H])(C)c4ccccc4)ccc23)cc1C([2H])([2H])C(C)(C)C.[Ir]. The van der Waals surface area contributed by atoms with Gasteiger partial charge in [-0.3, -0.25) is 0 Å². The van der Waals surface area contributed by atoms with E-state index in [0.29, 0.717) is 38.7 Å². The third-order valence-corrected chi connectivity index (χ3v) is 8.39. The molecule has 52 heavy (non-hydrogen) atoms. The maximum Gasteiger partial charge on any atom is 0.121 e. The maximum atomic E-state index is 9.11. The number of aryl methyl sites for hydroxylation is 4. The van der Waals surface area contributed by atoms with E-state index < -0.39 is 51.0 Å². The molecule has 3 nitrogen and oxygen atoms in total. The summed E-state index contributed by atoms with van der Waals surface area (Å²) in [4.78, 5) is 8.56. The molecule has 0 bridgehead atoms. The summed E-state index contributed by atoms with van der Waals surface area (Å²) in [7, 11) is 0. The third kappa shape index (κ3) is 8.63. The van der Waals surface area contributed by atoms with Crippen LogP contribution in [0, 0.1) is 45.0 Å². The normalized spacial score (nSPS) is 18.7. The molecule has 1 radical (unpaired) electrons. The standard InChI is InChI=1S/C32H32NO.C16H18N.Ir/c1-20-12-14-26(28-16-25(18-32(4,5)6)21(2)19-33-28)31-30(20)27-15-13-24(17-29(27)34-31)22(3)23-10-8-7-9-11-23;1-11(2)15-9-16(17-10-13(15)4)14-7-5-12(3)6-8-14;/h7-13,15-17,19,22H,18H2,1-6H3;5-7,9-11H,1-4H3;/q2*-1;/i1D3,2D3,18D2,22D;3D3,4D3,11D;. The first-order valence-corrected chi connectivity index (χ1v) is 16.6. The number of furan rings is 1. The minimum atomic E-state index is -2.61. The number of aromatic nitrogens is 2. The molecule has 3 heterocycles. The van der Waals surface area contributed by atoms with Crippen LogP contribution in [0.15, 0.2) is 102 Å².